The highest BCUT2D eigenvalue weighted by Gasteiger charge is 2.02. The summed E-state index contributed by atoms with van der Waals surface area (Å²) in [5.74, 6) is -0.249. The van der Waals surface area contributed by atoms with E-state index in [1.54, 1.807) is 6.08 Å². The highest BCUT2D eigenvalue weighted by Crippen LogP contribution is 2.10. The third kappa shape index (κ3) is 5.02. The first-order valence-corrected chi connectivity index (χ1v) is 5.41. The smallest absolute Gasteiger partial charge is 0.309 e. The molecule has 0 atom stereocenters. The maximum absolute atomic E-state index is 11.0. The van der Waals surface area contributed by atoms with Crippen molar-refractivity contribution in [3.8, 4) is 0 Å². The number of esters is 1. The lowest BCUT2D eigenvalue weighted by Gasteiger charge is -2.01. The summed E-state index contributed by atoms with van der Waals surface area (Å²) in [6, 6.07) is 0. The summed E-state index contributed by atoms with van der Waals surface area (Å²) in [7, 11) is 1.38. The lowest BCUT2D eigenvalue weighted by Crippen LogP contribution is -2.01. The van der Waals surface area contributed by atoms with E-state index >= 15 is 0 Å². The summed E-state index contributed by atoms with van der Waals surface area (Å²) in [6.45, 7) is 5.60. The minimum atomic E-state index is -0.249. The predicted molar refractivity (Wildman–Crippen MR) is 62.5 cm³/mol. The molecule has 0 amide bonds. The van der Waals surface area contributed by atoms with Gasteiger partial charge in [-0.25, -0.2) is 0 Å². The Morgan fingerprint density at radius 1 is 1.50 bits per heavy atom. The number of carbonyl (C=O) groups excluding carboxylic acids is 1. The van der Waals surface area contributed by atoms with Crippen molar-refractivity contribution >= 4 is 21.9 Å². The van der Waals surface area contributed by atoms with Crippen LogP contribution in [0.25, 0.3) is 0 Å². The van der Waals surface area contributed by atoms with E-state index in [1.807, 2.05) is 19.1 Å². The predicted octanol–water partition coefficient (Wildman–Crippen LogP) is 3.00. The molecular weight excluding hydrogens is 244 g/mol. The zero-order valence-electron chi connectivity index (χ0n) is 8.55. The average Bonchev–Trinajstić information content (AvgIpc) is 2.23. The quantitative estimate of drug-likeness (QED) is 0.431. The Morgan fingerprint density at radius 3 is 2.50 bits per heavy atom. The van der Waals surface area contributed by atoms with Crippen LogP contribution in [0.3, 0.4) is 0 Å². The van der Waals surface area contributed by atoms with Crippen molar-refractivity contribution in [3.63, 3.8) is 0 Å². The molecule has 0 bridgehead atoms. The van der Waals surface area contributed by atoms with Crippen LogP contribution in [0.2, 0.25) is 0 Å². The van der Waals surface area contributed by atoms with Crippen molar-refractivity contribution in [2.45, 2.75) is 13.3 Å². The van der Waals surface area contributed by atoms with Crippen LogP contribution in [0.4, 0.5) is 0 Å². The second-order valence-electron chi connectivity index (χ2n) is 2.67. The molecule has 0 saturated heterocycles. The molecule has 0 fully saturated rings. The van der Waals surface area contributed by atoms with E-state index in [-0.39, 0.29) is 12.4 Å². The number of hydrogen-bond acceptors (Lipinski definition) is 2. The minimum Gasteiger partial charge on any atom is -0.469 e. The SMILES string of the molecule is C=C/C(=C\C(=C/C)CBr)CC(=O)OC. The first-order chi connectivity index (χ1) is 6.67. The van der Waals surface area contributed by atoms with Crippen molar-refractivity contribution in [1.29, 1.82) is 0 Å². The number of methoxy groups -OCH3 is 1. The van der Waals surface area contributed by atoms with Gasteiger partial charge in [-0.15, -0.1) is 0 Å². The van der Waals surface area contributed by atoms with Gasteiger partial charge in [-0.2, -0.15) is 0 Å². The average molecular weight is 259 g/mol. The van der Waals surface area contributed by atoms with Gasteiger partial charge in [0.2, 0.25) is 0 Å². The number of allylic oxidation sites excluding steroid dienone is 4. The van der Waals surface area contributed by atoms with E-state index < -0.39 is 0 Å². The van der Waals surface area contributed by atoms with E-state index in [2.05, 4.69) is 27.2 Å². The van der Waals surface area contributed by atoms with Gasteiger partial charge in [0.05, 0.1) is 13.5 Å². The minimum absolute atomic E-state index is 0.249. The van der Waals surface area contributed by atoms with Gasteiger partial charge in [-0.05, 0) is 18.1 Å². The summed E-state index contributed by atoms with van der Waals surface area (Å²) in [5.41, 5.74) is 1.98. The largest absolute Gasteiger partial charge is 0.469 e. The normalized spacial score (nSPS) is 12.5. The zero-order valence-corrected chi connectivity index (χ0v) is 10.1. The topological polar surface area (TPSA) is 26.3 Å². The lowest BCUT2D eigenvalue weighted by molar-refractivity contribution is -0.139. The monoisotopic (exact) mass is 258 g/mol. The molecule has 0 heterocycles. The molecule has 0 unspecified atom stereocenters. The molecule has 0 radical (unpaired) electrons. The summed E-state index contributed by atoms with van der Waals surface area (Å²) in [5, 5.41) is 0.766. The van der Waals surface area contributed by atoms with Gasteiger partial charge in [-0.3, -0.25) is 4.79 Å². The van der Waals surface area contributed by atoms with E-state index in [0.29, 0.717) is 0 Å². The molecular formula is C11H15BrO2. The number of hydrogen-bond donors (Lipinski definition) is 0. The van der Waals surface area contributed by atoms with Gasteiger partial charge in [-0.1, -0.05) is 40.7 Å². The highest BCUT2D eigenvalue weighted by atomic mass is 79.9. The number of alkyl halides is 1. The Bertz CT molecular complexity index is 264. The van der Waals surface area contributed by atoms with Crippen LogP contribution in [0.15, 0.2) is 36.0 Å². The molecule has 14 heavy (non-hydrogen) atoms. The number of halogens is 1. The fourth-order valence-corrected chi connectivity index (χ4v) is 1.34. The van der Waals surface area contributed by atoms with Crippen LogP contribution in [0.1, 0.15) is 13.3 Å². The van der Waals surface area contributed by atoms with Crippen molar-refractivity contribution in [3.05, 3.63) is 36.0 Å². The first kappa shape index (κ1) is 13.2. The second kappa shape index (κ2) is 7.56. The van der Waals surface area contributed by atoms with Crippen LogP contribution in [0.5, 0.6) is 0 Å². The lowest BCUT2D eigenvalue weighted by atomic mass is 10.1. The second-order valence-corrected chi connectivity index (χ2v) is 3.23. The van der Waals surface area contributed by atoms with Crippen LogP contribution >= 0.6 is 15.9 Å². The third-order valence-corrected chi connectivity index (χ3v) is 2.38. The number of carbonyl (C=O) groups is 1. The Labute approximate surface area is 93.5 Å². The Hall–Kier alpha value is -0.830. The maximum Gasteiger partial charge on any atom is 0.309 e. The number of rotatable bonds is 5. The standard InChI is InChI=1S/C11H15BrO2/c1-4-9(7-11(13)14-3)6-10(5-2)8-12/h4-6H,1,7-8H2,2-3H3/b9-6+,10-5+. The van der Waals surface area contributed by atoms with Gasteiger partial charge in [0.1, 0.15) is 0 Å². The summed E-state index contributed by atoms with van der Waals surface area (Å²) in [4.78, 5) is 11.0. The molecule has 2 nitrogen and oxygen atoms in total. The third-order valence-electron chi connectivity index (χ3n) is 1.73. The van der Waals surface area contributed by atoms with Crippen molar-refractivity contribution in [1.82, 2.24) is 0 Å². The van der Waals surface area contributed by atoms with E-state index in [4.69, 9.17) is 0 Å². The van der Waals surface area contributed by atoms with Crippen LogP contribution in [0, 0.1) is 0 Å². The maximum atomic E-state index is 11.0. The van der Waals surface area contributed by atoms with Crippen molar-refractivity contribution in [2.75, 3.05) is 12.4 Å². The molecule has 78 valence electrons. The molecule has 0 aliphatic rings. The molecule has 0 aromatic rings. The van der Waals surface area contributed by atoms with Crippen molar-refractivity contribution < 1.29 is 9.53 Å². The summed E-state index contributed by atoms with van der Waals surface area (Å²) >= 11 is 3.35. The van der Waals surface area contributed by atoms with Crippen molar-refractivity contribution in [2.24, 2.45) is 0 Å². The molecule has 0 aromatic carbocycles. The van der Waals surface area contributed by atoms with Gasteiger partial charge in [0, 0.05) is 5.33 Å². The Morgan fingerprint density at radius 2 is 2.14 bits per heavy atom. The molecule has 3 heteroatoms. The van der Waals surface area contributed by atoms with Gasteiger partial charge < -0.3 is 4.74 Å². The Kier molecular flexibility index (Phi) is 7.11. The van der Waals surface area contributed by atoms with Gasteiger partial charge >= 0.3 is 5.97 Å². The molecule has 0 aliphatic carbocycles. The van der Waals surface area contributed by atoms with E-state index in [9.17, 15) is 4.79 Å². The van der Waals surface area contributed by atoms with Crippen LogP contribution < -0.4 is 0 Å². The molecule has 0 saturated carbocycles. The summed E-state index contributed by atoms with van der Waals surface area (Å²) < 4.78 is 4.57. The summed E-state index contributed by atoms with van der Waals surface area (Å²) in [6.07, 6.45) is 5.85. The fraction of sp³-hybridized carbons (Fsp3) is 0.364. The number of ether oxygens (including phenoxy) is 1. The molecule has 0 rings (SSSR count). The van der Waals surface area contributed by atoms with Gasteiger partial charge in [0.25, 0.3) is 0 Å². The van der Waals surface area contributed by atoms with Gasteiger partial charge in [0.15, 0.2) is 0 Å². The fourth-order valence-electron chi connectivity index (χ4n) is 0.858. The van der Waals surface area contributed by atoms with E-state index in [1.165, 1.54) is 7.11 Å². The van der Waals surface area contributed by atoms with E-state index in [0.717, 1.165) is 16.5 Å². The van der Waals surface area contributed by atoms with Crippen LogP contribution in [-0.2, 0) is 9.53 Å². The molecule has 0 aromatic heterocycles. The molecule has 0 N–H and O–H groups in total. The Balaban J connectivity index is 4.54. The van der Waals surface area contributed by atoms with Crippen LogP contribution in [-0.4, -0.2) is 18.4 Å². The zero-order chi connectivity index (χ0) is 11.0. The first-order valence-electron chi connectivity index (χ1n) is 4.28. The molecule has 0 spiro atoms. The molecule has 0 aliphatic heterocycles. The highest BCUT2D eigenvalue weighted by molar-refractivity contribution is 9.09.